The summed E-state index contributed by atoms with van der Waals surface area (Å²) in [6, 6.07) is 0. The first-order valence-electron chi connectivity index (χ1n) is 6.28. The number of aliphatic hydroxyl groups is 1. The molecule has 1 aromatic heterocycles. The molecule has 1 aliphatic rings. The van der Waals surface area contributed by atoms with Crippen LogP contribution in [0.4, 0.5) is 0 Å². The summed E-state index contributed by atoms with van der Waals surface area (Å²) in [7, 11) is 0. The summed E-state index contributed by atoms with van der Waals surface area (Å²) in [5.74, 6) is -0.193. The largest absolute Gasteiger partial charge is 0.396 e. The molecular weight excluding hydrogens is 232 g/mol. The molecule has 2 rings (SSSR count). The number of carbonyl (C=O) groups is 1. The molecule has 1 aromatic rings. The fourth-order valence-corrected chi connectivity index (χ4v) is 2.15. The Balaban J connectivity index is 2.32. The van der Waals surface area contributed by atoms with E-state index < -0.39 is 5.91 Å². The predicted octanol–water partition coefficient (Wildman–Crippen LogP) is 0.663. The quantitative estimate of drug-likeness (QED) is 0.805. The van der Waals surface area contributed by atoms with Crippen molar-refractivity contribution in [2.45, 2.75) is 45.6 Å². The predicted molar refractivity (Wildman–Crippen MR) is 66.0 cm³/mol. The maximum Gasteiger partial charge on any atom is 0.271 e. The molecule has 0 atom stereocenters. The molecule has 18 heavy (non-hydrogen) atoms. The van der Waals surface area contributed by atoms with Gasteiger partial charge < -0.3 is 10.8 Å². The molecule has 1 amide bonds. The average Bonchev–Trinajstić information content (AvgIpc) is 2.59. The van der Waals surface area contributed by atoms with Crippen molar-refractivity contribution in [2.75, 3.05) is 6.61 Å². The van der Waals surface area contributed by atoms with Gasteiger partial charge in [0.1, 0.15) is 0 Å². The molecule has 1 saturated carbocycles. The molecule has 100 valence electrons. The molecule has 0 aromatic carbocycles. The molecule has 0 saturated heterocycles. The van der Waals surface area contributed by atoms with E-state index in [-0.39, 0.29) is 17.7 Å². The van der Waals surface area contributed by atoms with Crippen molar-refractivity contribution < 1.29 is 9.90 Å². The van der Waals surface area contributed by atoms with E-state index in [0.717, 1.165) is 25.0 Å². The van der Waals surface area contributed by atoms with Crippen LogP contribution in [0.5, 0.6) is 0 Å². The fraction of sp³-hybridized carbons (Fsp3) is 0.750. The van der Waals surface area contributed by atoms with Gasteiger partial charge in [0.15, 0.2) is 5.69 Å². The Labute approximate surface area is 106 Å². The third-order valence-electron chi connectivity index (χ3n) is 3.50. The second kappa shape index (κ2) is 4.68. The number of rotatable bonds is 5. The molecule has 0 spiro atoms. The SMILES string of the molecule is CC(C)(CO)Cn1nnc(C(N)=O)c1C1CCC1. The highest BCUT2D eigenvalue weighted by Crippen LogP contribution is 2.38. The summed E-state index contributed by atoms with van der Waals surface area (Å²) in [4.78, 5) is 11.4. The summed E-state index contributed by atoms with van der Waals surface area (Å²) >= 11 is 0. The minimum atomic E-state index is -0.523. The maximum atomic E-state index is 11.4. The lowest BCUT2D eigenvalue weighted by atomic mass is 9.81. The highest BCUT2D eigenvalue weighted by Gasteiger charge is 2.31. The first-order chi connectivity index (χ1) is 8.44. The molecule has 1 heterocycles. The summed E-state index contributed by atoms with van der Waals surface area (Å²) in [6.45, 7) is 4.49. The third kappa shape index (κ3) is 2.38. The van der Waals surface area contributed by atoms with E-state index in [1.807, 2.05) is 13.8 Å². The van der Waals surface area contributed by atoms with Crippen LogP contribution in [0, 0.1) is 5.41 Å². The van der Waals surface area contributed by atoms with Gasteiger partial charge in [0.05, 0.1) is 12.2 Å². The van der Waals surface area contributed by atoms with Crippen LogP contribution in [0.1, 0.15) is 55.2 Å². The monoisotopic (exact) mass is 252 g/mol. The number of primary amides is 1. The molecular formula is C12H20N4O2. The van der Waals surface area contributed by atoms with Crippen molar-refractivity contribution in [3.63, 3.8) is 0 Å². The van der Waals surface area contributed by atoms with Gasteiger partial charge in [0.25, 0.3) is 5.91 Å². The van der Waals surface area contributed by atoms with Crippen LogP contribution in [0.3, 0.4) is 0 Å². The Morgan fingerprint density at radius 3 is 2.67 bits per heavy atom. The van der Waals surface area contributed by atoms with Crippen molar-refractivity contribution in [1.82, 2.24) is 15.0 Å². The molecule has 0 aliphatic heterocycles. The Hall–Kier alpha value is -1.43. The normalized spacial score (nSPS) is 16.6. The van der Waals surface area contributed by atoms with E-state index in [4.69, 9.17) is 5.73 Å². The van der Waals surface area contributed by atoms with Gasteiger partial charge in [-0.1, -0.05) is 25.5 Å². The first-order valence-corrected chi connectivity index (χ1v) is 6.28. The van der Waals surface area contributed by atoms with Crippen LogP contribution in [0.2, 0.25) is 0 Å². The van der Waals surface area contributed by atoms with E-state index in [0.29, 0.717) is 12.5 Å². The van der Waals surface area contributed by atoms with Gasteiger partial charge in [-0.25, -0.2) is 4.68 Å². The molecule has 0 bridgehead atoms. The molecule has 6 heteroatoms. The highest BCUT2D eigenvalue weighted by molar-refractivity contribution is 5.92. The maximum absolute atomic E-state index is 11.4. The van der Waals surface area contributed by atoms with Gasteiger partial charge in [-0.05, 0) is 12.8 Å². The number of aromatic nitrogens is 3. The van der Waals surface area contributed by atoms with Gasteiger partial charge in [0, 0.05) is 17.9 Å². The number of hydrogen-bond donors (Lipinski definition) is 2. The van der Waals surface area contributed by atoms with Crippen molar-refractivity contribution in [3.8, 4) is 0 Å². The fourth-order valence-electron chi connectivity index (χ4n) is 2.15. The van der Waals surface area contributed by atoms with Crippen molar-refractivity contribution >= 4 is 5.91 Å². The minimum absolute atomic E-state index is 0.0584. The zero-order valence-corrected chi connectivity index (χ0v) is 10.9. The summed E-state index contributed by atoms with van der Waals surface area (Å²) in [5, 5.41) is 17.2. The van der Waals surface area contributed by atoms with Crippen LogP contribution < -0.4 is 5.73 Å². The van der Waals surface area contributed by atoms with Crippen LogP contribution in [-0.2, 0) is 6.54 Å². The van der Waals surface area contributed by atoms with Gasteiger partial charge in [-0.15, -0.1) is 5.10 Å². The van der Waals surface area contributed by atoms with Crippen LogP contribution in [-0.4, -0.2) is 32.6 Å². The zero-order valence-electron chi connectivity index (χ0n) is 10.9. The van der Waals surface area contributed by atoms with Gasteiger partial charge >= 0.3 is 0 Å². The van der Waals surface area contributed by atoms with Gasteiger partial charge in [-0.3, -0.25) is 4.79 Å². The van der Waals surface area contributed by atoms with Gasteiger partial charge in [-0.2, -0.15) is 0 Å². The van der Waals surface area contributed by atoms with Crippen LogP contribution in [0.25, 0.3) is 0 Å². The Kier molecular flexibility index (Phi) is 3.38. The Morgan fingerprint density at radius 1 is 1.56 bits per heavy atom. The van der Waals surface area contributed by atoms with Crippen molar-refractivity contribution in [3.05, 3.63) is 11.4 Å². The lowest BCUT2D eigenvalue weighted by Gasteiger charge is -2.29. The standard InChI is InChI=1S/C12H20N4O2/c1-12(2,7-17)6-16-10(8-4-3-5-8)9(11(13)18)14-15-16/h8,17H,3-7H2,1-2H3,(H2,13,18). The number of aliphatic hydroxyl groups excluding tert-OH is 1. The number of hydrogen-bond acceptors (Lipinski definition) is 4. The Morgan fingerprint density at radius 2 is 2.22 bits per heavy atom. The minimum Gasteiger partial charge on any atom is -0.396 e. The van der Waals surface area contributed by atoms with E-state index in [9.17, 15) is 9.90 Å². The lowest BCUT2D eigenvalue weighted by Crippen LogP contribution is -2.28. The van der Waals surface area contributed by atoms with E-state index in [1.165, 1.54) is 0 Å². The molecule has 1 fully saturated rings. The molecule has 0 radical (unpaired) electrons. The molecule has 3 N–H and O–H groups in total. The molecule has 0 unspecified atom stereocenters. The van der Waals surface area contributed by atoms with E-state index in [1.54, 1.807) is 4.68 Å². The first kappa shape index (κ1) is 13.0. The third-order valence-corrected chi connectivity index (χ3v) is 3.50. The van der Waals surface area contributed by atoms with E-state index >= 15 is 0 Å². The number of carbonyl (C=O) groups excluding carboxylic acids is 1. The summed E-state index contributed by atoms with van der Waals surface area (Å²) in [6.07, 6.45) is 3.26. The smallest absolute Gasteiger partial charge is 0.271 e. The lowest BCUT2D eigenvalue weighted by molar-refractivity contribution is 0.0992. The van der Waals surface area contributed by atoms with Gasteiger partial charge in [0.2, 0.25) is 0 Å². The molecule has 1 aliphatic carbocycles. The van der Waals surface area contributed by atoms with Crippen LogP contribution >= 0.6 is 0 Å². The number of nitrogens with zero attached hydrogens (tertiary/aromatic N) is 3. The second-order valence-corrected chi connectivity index (χ2v) is 5.80. The zero-order chi connectivity index (χ0) is 13.3. The van der Waals surface area contributed by atoms with Crippen LogP contribution in [0.15, 0.2) is 0 Å². The Bertz CT molecular complexity index is 449. The summed E-state index contributed by atoms with van der Waals surface area (Å²) in [5.41, 5.74) is 6.17. The summed E-state index contributed by atoms with van der Waals surface area (Å²) < 4.78 is 1.74. The van der Waals surface area contributed by atoms with Crippen molar-refractivity contribution in [1.29, 1.82) is 0 Å². The highest BCUT2D eigenvalue weighted by atomic mass is 16.3. The number of nitrogens with two attached hydrogens (primary N) is 1. The second-order valence-electron chi connectivity index (χ2n) is 5.80. The average molecular weight is 252 g/mol. The molecule has 6 nitrogen and oxygen atoms in total. The van der Waals surface area contributed by atoms with Crippen molar-refractivity contribution in [2.24, 2.45) is 11.1 Å². The topological polar surface area (TPSA) is 94.0 Å². The number of amides is 1. The van der Waals surface area contributed by atoms with E-state index in [2.05, 4.69) is 10.3 Å².